The number of hydrogen-bond donors (Lipinski definition) is 3. The zero-order valence-corrected chi connectivity index (χ0v) is 21.2. The lowest BCUT2D eigenvalue weighted by atomic mass is 9.98. The SMILES string of the molecule is C=Cc1cccc(C(C(=O)NC(C)C)N(C(=O)C(CC(N)=O)NC(=O)OC(C)(C)C)C(C)C)c1. The summed E-state index contributed by atoms with van der Waals surface area (Å²) in [7, 11) is 0. The first kappa shape index (κ1) is 28.7. The van der Waals surface area contributed by atoms with Crippen LogP contribution in [0.1, 0.15) is 72.1 Å². The third kappa shape index (κ3) is 8.88. The molecule has 0 aliphatic carbocycles. The normalized spacial score (nSPS) is 13.1. The van der Waals surface area contributed by atoms with Crippen molar-refractivity contribution in [1.82, 2.24) is 15.5 Å². The Morgan fingerprint density at radius 1 is 1.12 bits per heavy atom. The van der Waals surface area contributed by atoms with Gasteiger partial charge in [-0.15, -0.1) is 0 Å². The summed E-state index contributed by atoms with van der Waals surface area (Å²) in [6.45, 7) is 15.9. The van der Waals surface area contributed by atoms with Gasteiger partial charge in [-0.2, -0.15) is 0 Å². The molecule has 0 aliphatic heterocycles. The van der Waals surface area contributed by atoms with Crippen LogP contribution in [-0.2, 0) is 19.1 Å². The van der Waals surface area contributed by atoms with Crippen molar-refractivity contribution in [3.05, 3.63) is 42.0 Å². The summed E-state index contributed by atoms with van der Waals surface area (Å²) in [5.41, 5.74) is 5.89. The molecular weight excluding hydrogens is 436 g/mol. The summed E-state index contributed by atoms with van der Waals surface area (Å²) in [4.78, 5) is 52.6. The van der Waals surface area contributed by atoms with E-state index in [0.29, 0.717) is 5.56 Å². The van der Waals surface area contributed by atoms with E-state index in [0.717, 1.165) is 5.56 Å². The molecule has 4 N–H and O–H groups in total. The Labute approximate surface area is 202 Å². The van der Waals surface area contributed by atoms with Crippen molar-refractivity contribution < 1.29 is 23.9 Å². The van der Waals surface area contributed by atoms with E-state index in [1.165, 1.54) is 4.90 Å². The topological polar surface area (TPSA) is 131 Å². The quantitative estimate of drug-likeness (QED) is 0.480. The van der Waals surface area contributed by atoms with E-state index >= 15 is 0 Å². The molecule has 2 unspecified atom stereocenters. The Hall–Kier alpha value is -3.36. The lowest BCUT2D eigenvalue weighted by Crippen LogP contribution is -2.56. The standard InChI is InChI=1S/C25H38N4O5/c1-9-17-11-10-12-18(13-17)21(22(31)27-15(2)3)29(16(4)5)23(32)19(14-20(26)30)28-24(33)34-25(6,7)8/h9-13,15-16,19,21H,1,14H2,2-8H3,(H2,26,30)(H,27,31)(H,28,33). The Kier molecular flexibility index (Phi) is 10.3. The molecule has 0 radical (unpaired) electrons. The second kappa shape index (κ2) is 12.2. The van der Waals surface area contributed by atoms with Crippen LogP contribution in [0.5, 0.6) is 0 Å². The highest BCUT2D eigenvalue weighted by Gasteiger charge is 2.38. The molecule has 0 fully saturated rings. The smallest absolute Gasteiger partial charge is 0.408 e. The van der Waals surface area contributed by atoms with Gasteiger partial charge < -0.3 is 26.0 Å². The summed E-state index contributed by atoms with van der Waals surface area (Å²) in [6.07, 6.45) is 0.321. The second-order valence-electron chi connectivity index (χ2n) is 9.65. The molecule has 4 amide bonds. The number of nitrogens with one attached hydrogen (secondary N) is 2. The number of rotatable bonds is 10. The van der Waals surface area contributed by atoms with Gasteiger partial charge in [-0.3, -0.25) is 14.4 Å². The molecule has 1 aromatic carbocycles. The van der Waals surface area contributed by atoms with Crippen LogP contribution in [0.25, 0.3) is 6.08 Å². The van der Waals surface area contributed by atoms with Gasteiger partial charge in [0, 0.05) is 12.1 Å². The number of primary amides is 1. The zero-order chi connectivity index (χ0) is 26.2. The van der Waals surface area contributed by atoms with E-state index in [2.05, 4.69) is 17.2 Å². The van der Waals surface area contributed by atoms with Crippen LogP contribution in [0, 0.1) is 0 Å². The first-order valence-corrected chi connectivity index (χ1v) is 11.3. The summed E-state index contributed by atoms with van der Waals surface area (Å²) in [6, 6.07) is 4.13. The zero-order valence-electron chi connectivity index (χ0n) is 21.2. The van der Waals surface area contributed by atoms with Crippen LogP contribution in [0.4, 0.5) is 4.79 Å². The largest absolute Gasteiger partial charge is 0.444 e. The Balaban J connectivity index is 3.51. The second-order valence-corrected chi connectivity index (χ2v) is 9.65. The van der Waals surface area contributed by atoms with Crippen LogP contribution in [0.2, 0.25) is 0 Å². The summed E-state index contributed by atoms with van der Waals surface area (Å²) in [5, 5.41) is 5.31. The molecule has 2 atom stereocenters. The molecule has 0 aromatic heterocycles. The number of hydrogen-bond acceptors (Lipinski definition) is 5. The number of ether oxygens (including phenoxy) is 1. The first-order valence-electron chi connectivity index (χ1n) is 11.3. The molecule has 34 heavy (non-hydrogen) atoms. The fourth-order valence-electron chi connectivity index (χ4n) is 3.37. The number of nitrogens with zero attached hydrogens (tertiary/aromatic N) is 1. The molecule has 0 spiro atoms. The van der Waals surface area contributed by atoms with E-state index in [1.807, 2.05) is 19.9 Å². The molecule has 1 rings (SSSR count). The summed E-state index contributed by atoms with van der Waals surface area (Å²) in [5.74, 6) is -1.81. The maximum absolute atomic E-state index is 13.7. The van der Waals surface area contributed by atoms with Gasteiger partial charge >= 0.3 is 6.09 Å². The van der Waals surface area contributed by atoms with E-state index in [9.17, 15) is 19.2 Å². The van der Waals surface area contributed by atoms with Crippen molar-refractivity contribution in [2.45, 2.75) is 84.7 Å². The number of benzene rings is 1. The monoisotopic (exact) mass is 474 g/mol. The summed E-state index contributed by atoms with van der Waals surface area (Å²) < 4.78 is 5.25. The average Bonchev–Trinajstić information content (AvgIpc) is 2.68. The third-order valence-corrected chi connectivity index (χ3v) is 4.62. The van der Waals surface area contributed by atoms with Gasteiger partial charge in [0.05, 0.1) is 6.42 Å². The molecule has 9 nitrogen and oxygen atoms in total. The molecular formula is C25H38N4O5. The minimum absolute atomic E-state index is 0.178. The Morgan fingerprint density at radius 3 is 2.21 bits per heavy atom. The Morgan fingerprint density at radius 2 is 1.74 bits per heavy atom. The van der Waals surface area contributed by atoms with Crippen molar-refractivity contribution in [2.75, 3.05) is 0 Å². The third-order valence-electron chi connectivity index (χ3n) is 4.62. The molecule has 0 saturated heterocycles. The average molecular weight is 475 g/mol. The van der Waals surface area contributed by atoms with E-state index in [-0.39, 0.29) is 6.04 Å². The van der Waals surface area contributed by atoms with Crippen molar-refractivity contribution in [3.8, 4) is 0 Å². The van der Waals surface area contributed by atoms with E-state index < -0.39 is 54.0 Å². The van der Waals surface area contributed by atoms with Gasteiger partial charge in [-0.1, -0.05) is 30.9 Å². The molecule has 1 aromatic rings. The van der Waals surface area contributed by atoms with Gasteiger partial charge in [-0.05, 0) is 65.7 Å². The number of carbonyl (C=O) groups is 4. The lowest BCUT2D eigenvalue weighted by molar-refractivity contribution is -0.145. The highest BCUT2D eigenvalue weighted by Crippen LogP contribution is 2.26. The number of nitrogens with two attached hydrogens (primary N) is 1. The predicted octanol–water partition coefficient (Wildman–Crippen LogP) is 2.90. The van der Waals surface area contributed by atoms with Crippen LogP contribution >= 0.6 is 0 Å². The molecule has 0 aliphatic rings. The van der Waals surface area contributed by atoms with Gasteiger partial charge in [0.25, 0.3) is 0 Å². The first-order chi connectivity index (χ1) is 15.7. The van der Waals surface area contributed by atoms with E-state index in [4.69, 9.17) is 10.5 Å². The number of amides is 4. The van der Waals surface area contributed by atoms with Gasteiger partial charge in [0.15, 0.2) is 0 Å². The van der Waals surface area contributed by atoms with Crippen LogP contribution in [-0.4, -0.2) is 52.4 Å². The van der Waals surface area contributed by atoms with Gasteiger partial charge in [0.2, 0.25) is 17.7 Å². The highest BCUT2D eigenvalue weighted by molar-refractivity contribution is 5.94. The van der Waals surface area contributed by atoms with Crippen molar-refractivity contribution >= 4 is 29.9 Å². The fraction of sp³-hybridized carbons (Fsp3) is 0.520. The Bertz CT molecular complexity index is 905. The van der Waals surface area contributed by atoms with Gasteiger partial charge in [-0.25, -0.2) is 4.79 Å². The number of alkyl carbamates (subject to hydrolysis) is 1. The lowest BCUT2D eigenvalue weighted by Gasteiger charge is -2.37. The number of carbonyl (C=O) groups excluding carboxylic acids is 4. The maximum Gasteiger partial charge on any atom is 0.408 e. The van der Waals surface area contributed by atoms with Crippen LogP contribution in [0.3, 0.4) is 0 Å². The fourth-order valence-corrected chi connectivity index (χ4v) is 3.37. The van der Waals surface area contributed by atoms with E-state index in [1.54, 1.807) is 58.9 Å². The minimum Gasteiger partial charge on any atom is -0.444 e. The summed E-state index contributed by atoms with van der Waals surface area (Å²) >= 11 is 0. The molecule has 0 bridgehead atoms. The highest BCUT2D eigenvalue weighted by atomic mass is 16.6. The van der Waals surface area contributed by atoms with Crippen LogP contribution < -0.4 is 16.4 Å². The van der Waals surface area contributed by atoms with Crippen molar-refractivity contribution in [3.63, 3.8) is 0 Å². The molecule has 0 saturated carbocycles. The minimum atomic E-state index is -1.31. The van der Waals surface area contributed by atoms with Crippen LogP contribution in [0.15, 0.2) is 30.8 Å². The van der Waals surface area contributed by atoms with Gasteiger partial charge in [0.1, 0.15) is 17.7 Å². The van der Waals surface area contributed by atoms with Crippen molar-refractivity contribution in [1.29, 1.82) is 0 Å². The molecule has 0 heterocycles. The van der Waals surface area contributed by atoms with Crippen molar-refractivity contribution in [2.24, 2.45) is 5.73 Å². The predicted molar refractivity (Wildman–Crippen MR) is 132 cm³/mol. The maximum atomic E-state index is 13.7. The molecule has 9 heteroatoms. The molecule has 188 valence electrons.